The summed E-state index contributed by atoms with van der Waals surface area (Å²) in [5.41, 5.74) is 2.48. The van der Waals surface area contributed by atoms with Crippen molar-refractivity contribution in [2.45, 2.75) is 5.75 Å². The molecule has 0 atom stereocenters. The van der Waals surface area contributed by atoms with Gasteiger partial charge < -0.3 is 9.80 Å². The van der Waals surface area contributed by atoms with Crippen molar-refractivity contribution in [2.75, 3.05) is 36.8 Å². The predicted octanol–water partition coefficient (Wildman–Crippen LogP) is 4.03. The second-order valence-corrected chi connectivity index (χ2v) is 7.63. The molecule has 3 rings (SSSR count). The monoisotopic (exact) mass is 404 g/mol. The highest BCUT2D eigenvalue weighted by atomic mass is 79.9. The molecule has 2 aromatic carbocycles. The van der Waals surface area contributed by atoms with E-state index in [1.54, 1.807) is 11.8 Å². The number of anilines is 1. The third-order valence-electron chi connectivity index (χ3n) is 4.19. The minimum absolute atomic E-state index is 0.250. The van der Waals surface area contributed by atoms with Crippen LogP contribution in [0.25, 0.3) is 0 Å². The van der Waals surface area contributed by atoms with Crippen LogP contribution in [0.2, 0.25) is 0 Å². The van der Waals surface area contributed by atoms with Gasteiger partial charge in [0.2, 0.25) is 5.91 Å². The zero-order valence-electron chi connectivity index (χ0n) is 13.5. The lowest BCUT2D eigenvalue weighted by Crippen LogP contribution is -2.49. The average Bonchev–Trinajstić information content (AvgIpc) is 2.64. The molecule has 1 amide bonds. The summed E-state index contributed by atoms with van der Waals surface area (Å²) in [5, 5.41) is 0. The molecule has 1 heterocycles. The number of carbonyl (C=O) groups is 1. The van der Waals surface area contributed by atoms with Crippen molar-refractivity contribution in [1.82, 2.24) is 4.90 Å². The first-order valence-electron chi connectivity index (χ1n) is 8.13. The number of carbonyl (C=O) groups excluding carboxylic acids is 1. The van der Waals surface area contributed by atoms with E-state index in [9.17, 15) is 4.79 Å². The van der Waals surface area contributed by atoms with E-state index < -0.39 is 0 Å². The summed E-state index contributed by atoms with van der Waals surface area (Å²) >= 11 is 5.24. The fourth-order valence-corrected chi connectivity index (χ4v) is 4.35. The molecule has 126 valence electrons. The molecule has 0 spiro atoms. The number of benzene rings is 2. The lowest BCUT2D eigenvalue weighted by atomic mass is 10.2. The van der Waals surface area contributed by atoms with Crippen molar-refractivity contribution in [1.29, 1.82) is 0 Å². The molecule has 0 unspecified atom stereocenters. The first kappa shape index (κ1) is 17.4. The molecule has 3 nitrogen and oxygen atoms in total. The van der Waals surface area contributed by atoms with E-state index in [4.69, 9.17) is 0 Å². The van der Waals surface area contributed by atoms with Gasteiger partial charge in [-0.3, -0.25) is 4.79 Å². The van der Waals surface area contributed by atoms with Gasteiger partial charge in [0.05, 0.1) is 5.75 Å². The van der Waals surface area contributed by atoms with E-state index in [-0.39, 0.29) is 5.91 Å². The number of amides is 1. The van der Waals surface area contributed by atoms with Crippen LogP contribution in [0, 0.1) is 0 Å². The van der Waals surface area contributed by atoms with Gasteiger partial charge in [-0.25, -0.2) is 0 Å². The number of halogens is 1. The Balaban J connectivity index is 1.43. The van der Waals surface area contributed by atoms with Crippen LogP contribution in [-0.4, -0.2) is 42.7 Å². The molecule has 1 aliphatic heterocycles. The van der Waals surface area contributed by atoms with Crippen LogP contribution >= 0.6 is 27.7 Å². The van der Waals surface area contributed by atoms with Gasteiger partial charge in [-0.15, -0.1) is 11.8 Å². The Labute approximate surface area is 156 Å². The lowest BCUT2D eigenvalue weighted by Gasteiger charge is -2.36. The maximum absolute atomic E-state index is 12.4. The van der Waals surface area contributed by atoms with Crippen LogP contribution in [0.4, 0.5) is 5.69 Å². The molecule has 1 aliphatic rings. The Hall–Kier alpha value is -1.46. The standard InChI is InChI=1S/C19H21BrN2OS/c20-18-9-5-4-6-16(18)14-24-15-19(23)22-12-10-21(11-13-22)17-7-2-1-3-8-17/h1-9H,10-15H2. The molecule has 5 heteroatoms. The highest BCUT2D eigenvalue weighted by Gasteiger charge is 2.21. The van der Waals surface area contributed by atoms with Crippen LogP contribution in [-0.2, 0) is 10.5 Å². The van der Waals surface area contributed by atoms with E-state index in [1.807, 2.05) is 29.2 Å². The maximum Gasteiger partial charge on any atom is 0.232 e. The predicted molar refractivity (Wildman–Crippen MR) is 106 cm³/mol. The van der Waals surface area contributed by atoms with Gasteiger partial charge in [0, 0.05) is 42.1 Å². The first-order chi connectivity index (χ1) is 11.7. The van der Waals surface area contributed by atoms with E-state index >= 15 is 0 Å². The maximum atomic E-state index is 12.4. The summed E-state index contributed by atoms with van der Waals surface area (Å²) in [6.45, 7) is 3.43. The number of piperazine rings is 1. The van der Waals surface area contributed by atoms with Gasteiger partial charge in [0.15, 0.2) is 0 Å². The van der Waals surface area contributed by atoms with E-state index in [1.165, 1.54) is 11.3 Å². The summed E-state index contributed by atoms with van der Waals surface area (Å²) in [6, 6.07) is 18.6. The van der Waals surface area contributed by atoms with Crippen molar-refractivity contribution in [3.8, 4) is 0 Å². The van der Waals surface area contributed by atoms with Gasteiger partial charge in [-0.05, 0) is 23.8 Å². The Bertz CT molecular complexity index is 672. The molecule has 0 saturated carbocycles. The molecule has 0 N–H and O–H groups in total. The van der Waals surface area contributed by atoms with Crippen molar-refractivity contribution >= 4 is 39.3 Å². The largest absolute Gasteiger partial charge is 0.368 e. The van der Waals surface area contributed by atoms with Crippen LogP contribution in [0.1, 0.15) is 5.56 Å². The van der Waals surface area contributed by atoms with Crippen LogP contribution in [0.5, 0.6) is 0 Å². The zero-order chi connectivity index (χ0) is 16.8. The Morgan fingerprint density at radius 1 is 0.958 bits per heavy atom. The lowest BCUT2D eigenvalue weighted by molar-refractivity contribution is -0.128. The number of hydrogen-bond donors (Lipinski definition) is 0. The molecule has 1 saturated heterocycles. The second-order valence-electron chi connectivity index (χ2n) is 5.79. The SMILES string of the molecule is O=C(CSCc1ccccc1Br)N1CCN(c2ccccc2)CC1. The molecule has 0 radical (unpaired) electrons. The van der Waals surface area contributed by atoms with Crippen molar-refractivity contribution in [3.63, 3.8) is 0 Å². The first-order valence-corrected chi connectivity index (χ1v) is 10.1. The van der Waals surface area contributed by atoms with Crippen molar-refractivity contribution in [2.24, 2.45) is 0 Å². The van der Waals surface area contributed by atoms with Crippen LogP contribution < -0.4 is 4.90 Å². The topological polar surface area (TPSA) is 23.6 Å². The van der Waals surface area contributed by atoms with E-state index in [2.05, 4.69) is 51.2 Å². The Kier molecular flexibility index (Phi) is 6.21. The molecular weight excluding hydrogens is 384 g/mol. The second kappa shape index (κ2) is 8.58. The number of thioether (sulfide) groups is 1. The summed E-state index contributed by atoms with van der Waals surface area (Å²) in [4.78, 5) is 16.7. The zero-order valence-corrected chi connectivity index (χ0v) is 15.9. The summed E-state index contributed by atoms with van der Waals surface area (Å²) in [6.07, 6.45) is 0. The smallest absolute Gasteiger partial charge is 0.232 e. The Morgan fingerprint density at radius 3 is 2.33 bits per heavy atom. The van der Waals surface area contributed by atoms with Gasteiger partial charge in [-0.2, -0.15) is 0 Å². The highest BCUT2D eigenvalue weighted by molar-refractivity contribution is 9.10. The fraction of sp³-hybridized carbons (Fsp3) is 0.316. The molecule has 0 aliphatic carbocycles. The number of hydrogen-bond acceptors (Lipinski definition) is 3. The van der Waals surface area contributed by atoms with E-state index in [0.717, 1.165) is 36.4 Å². The summed E-state index contributed by atoms with van der Waals surface area (Å²) in [5.74, 6) is 1.66. The molecular formula is C19H21BrN2OS. The third-order valence-corrected chi connectivity index (χ3v) is 5.93. The van der Waals surface area contributed by atoms with Crippen molar-refractivity contribution < 1.29 is 4.79 Å². The summed E-state index contributed by atoms with van der Waals surface area (Å²) in [7, 11) is 0. The molecule has 0 bridgehead atoms. The summed E-state index contributed by atoms with van der Waals surface area (Å²) < 4.78 is 1.11. The molecule has 0 aromatic heterocycles. The minimum atomic E-state index is 0.250. The highest BCUT2D eigenvalue weighted by Crippen LogP contribution is 2.22. The van der Waals surface area contributed by atoms with Gasteiger partial charge in [-0.1, -0.05) is 52.3 Å². The molecule has 2 aromatic rings. The number of rotatable bonds is 5. The fourth-order valence-electron chi connectivity index (χ4n) is 2.81. The number of para-hydroxylation sites is 1. The van der Waals surface area contributed by atoms with E-state index in [0.29, 0.717) is 5.75 Å². The Morgan fingerprint density at radius 2 is 1.62 bits per heavy atom. The van der Waals surface area contributed by atoms with Crippen molar-refractivity contribution in [3.05, 3.63) is 64.6 Å². The molecule has 1 fully saturated rings. The normalized spacial score (nSPS) is 14.7. The van der Waals surface area contributed by atoms with Gasteiger partial charge >= 0.3 is 0 Å². The van der Waals surface area contributed by atoms with Crippen LogP contribution in [0.3, 0.4) is 0 Å². The molecule has 24 heavy (non-hydrogen) atoms. The average molecular weight is 405 g/mol. The third kappa shape index (κ3) is 4.54. The van der Waals surface area contributed by atoms with Gasteiger partial charge in [0.1, 0.15) is 0 Å². The minimum Gasteiger partial charge on any atom is -0.368 e. The van der Waals surface area contributed by atoms with Gasteiger partial charge in [0.25, 0.3) is 0 Å². The number of nitrogens with zero attached hydrogens (tertiary/aromatic N) is 2. The quantitative estimate of drug-likeness (QED) is 0.751. The van der Waals surface area contributed by atoms with Crippen LogP contribution in [0.15, 0.2) is 59.1 Å².